The van der Waals surface area contributed by atoms with Gasteiger partial charge in [0.15, 0.2) is 0 Å². The SMILES string of the molecule is C=C(C)N(C(=C)c1cnc[nH]1)C(C)CC. The molecule has 1 aromatic rings. The van der Waals surface area contributed by atoms with Gasteiger partial charge in [-0.3, -0.25) is 0 Å². The first-order valence-corrected chi connectivity index (χ1v) is 5.20. The molecule has 1 aromatic heterocycles. The Morgan fingerprint density at radius 3 is 2.67 bits per heavy atom. The minimum atomic E-state index is 0.401. The second-order valence-corrected chi connectivity index (χ2v) is 3.77. The van der Waals surface area contributed by atoms with Crippen LogP contribution in [-0.2, 0) is 0 Å². The zero-order valence-corrected chi connectivity index (χ0v) is 9.75. The molecule has 0 fully saturated rings. The highest BCUT2D eigenvalue weighted by Crippen LogP contribution is 2.23. The Kier molecular flexibility index (Phi) is 3.72. The first-order valence-electron chi connectivity index (χ1n) is 5.20. The van der Waals surface area contributed by atoms with E-state index in [2.05, 4.69) is 41.9 Å². The Morgan fingerprint density at radius 1 is 1.60 bits per heavy atom. The van der Waals surface area contributed by atoms with Crippen molar-refractivity contribution in [1.29, 1.82) is 0 Å². The lowest BCUT2D eigenvalue weighted by Crippen LogP contribution is -2.28. The summed E-state index contributed by atoms with van der Waals surface area (Å²) in [5.41, 5.74) is 2.87. The van der Waals surface area contributed by atoms with Crippen molar-refractivity contribution >= 4 is 5.70 Å². The summed E-state index contributed by atoms with van der Waals surface area (Å²) in [6.45, 7) is 14.4. The fourth-order valence-electron chi connectivity index (χ4n) is 1.60. The maximum Gasteiger partial charge on any atom is 0.0924 e. The standard InChI is InChI=1S/C12H19N3/c1-6-10(4)15(9(2)3)11(5)12-7-13-8-14-12/h7-8,10H,2,5-6H2,1,3-4H3,(H,13,14). The van der Waals surface area contributed by atoms with E-state index in [0.717, 1.165) is 23.5 Å². The van der Waals surface area contributed by atoms with Gasteiger partial charge in [0, 0.05) is 11.7 Å². The van der Waals surface area contributed by atoms with Crippen LogP contribution in [0.3, 0.4) is 0 Å². The van der Waals surface area contributed by atoms with E-state index in [-0.39, 0.29) is 0 Å². The quantitative estimate of drug-likeness (QED) is 0.801. The Labute approximate surface area is 91.5 Å². The lowest BCUT2D eigenvalue weighted by molar-refractivity contribution is 0.371. The summed E-state index contributed by atoms with van der Waals surface area (Å²) in [7, 11) is 0. The highest BCUT2D eigenvalue weighted by molar-refractivity contribution is 5.59. The molecule has 1 atom stereocenters. The molecular formula is C12H19N3. The highest BCUT2D eigenvalue weighted by atomic mass is 15.2. The van der Waals surface area contributed by atoms with E-state index in [0.29, 0.717) is 6.04 Å². The smallest absolute Gasteiger partial charge is 0.0924 e. The molecule has 82 valence electrons. The molecule has 0 radical (unpaired) electrons. The maximum atomic E-state index is 4.08. The van der Waals surface area contributed by atoms with Crippen LogP contribution >= 0.6 is 0 Å². The molecule has 0 spiro atoms. The van der Waals surface area contributed by atoms with Gasteiger partial charge in [0.05, 0.1) is 23.9 Å². The van der Waals surface area contributed by atoms with Crippen molar-refractivity contribution in [3.8, 4) is 0 Å². The summed E-state index contributed by atoms with van der Waals surface area (Å²) in [6.07, 6.45) is 4.49. The van der Waals surface area contributed by atoms with Gasteiger partial charge < -0.3 is 9.88 Å². The molecule has 15 heavy (non-hydrogen) atoms. The van der Waals surface area contributed by atoms with Crippen LogP contribution < -0.4 is 0 Å². The minimum absolute atomic E-state index is 0.401. The Bertz CT molecular complexity index is 338. The number of hydrogen-bond acceptors (Lipinski definition) is 2. The van der Waals surface area contributed by atoms with Crippen LogP contribution in [0.4, 0.5) is 0 Å². The van der Waals surface area contributed by atoms with E-state index in [4.69, 9.17) is 0 Å². The molecule has 3 nitrogen and oxygen atoms in total. The van der Waals surface area contributed by atoms with Crippen LogP contribution in [0.25, 0.3) is 5.70 Å². The van der Waals surface area contributed by atoms with Gasteiger partial charge in [-0.15, -0.1) is 0 Å². The van der Waals surface area contributed by atoms with Crippen LogP contribution in [0.1, 0.15) is 32.9 Å². The minimum Gasteiger partial charge on any atom is -0.343 e. The normalized spacial score (nSPS) is 12.2. The highest BCUT2D eigenvalue weighted by Gasteiger charge is 2.16. The predicted molar refractivity (Wildman–Crippen MR) is 64.0 cm³/mol. The summed E-state index contributed by atoms with van der Waals surface area (Å²) in [4.78, 5) is 9.19. The number of imidazole rings is 1. The molecule has 0 saturated carbocycles. The fraction of sp³-hybridized carbons (Fsp3) is 0.417. The van der Waals surface area contributed by atoms with Crippen molar-refractivity contribution in [2.45, 2.75) is 33.2 Å². The summed E-state index contributed by atoms with van der Waals surface area (Å²) in [6, 6.07) is 0.401. The molecule has 0 aliphatic rings. The second kappa shape index (κ2) is 4.82. The number of H-pyrrole nitrogens is 1. The van der Waals surface area contributed by atoms with Crippen molar-refractivity contribution in [3.63, 3.8) is 0 Å². The Balaban J connectivity index is 2.91. The van der Waals surface area contributed by atoms with E-state index in [1.54, 1.807) is 12.5 Å². The third kappa shape index (κ3) is 2.49. The molecular weight excluding hydrogens is 186 g/mol. The van der Waals surface area contributed by atoms with Crippen molar-refractivity contribution in [1.82, 2.24) is 14.9 Å². The Hall–Kier alpha value is -1.51. The van der Waals surface area contributed by atoms with Crippen molar-refractivity contribution in [3.05, 3.63) is 37.1 Å². The first kappa shape index (κ1) is 11.6. The zero-order valence-electron chi connectivity index (χ0n) is 9.75. The number of nitrogens with zero attached hydrogens (tertiary/aromatic N) is 2. The van der Waals surface area contributed by atoms with Gasteiger partial charge in [-0.05, 0) is 20.3 Å². The molecule has 1 rings (SSSR count). The molecule has 0 aromatic carbocycles. The van der Waals surface area contributed by atoms with Gasteiger partial charge >= 0.3 is 0 Å². The van der Waals surface area contributed by atoms with Gasteiger partial charge in [-0.25, -0.2) is 4.98 Å². The molecule has 0 amide bonds. The average Bonchev–Trinajstić information content (AvgIpc) is 2.69. The van der Waals surface area contributed by atoms with Crippen LogP contribution in [-0.4, -0.2) is 20.9 Å². The second-order valence-electron chi connectivity index (χ2n) is 3.77. The summed E-state index contributed by atoms with van der Waals surface area (Å²) in [5.74, 6) is 0. The monoisotopic (exact) mass is 205 g/mol. The van der Waals surface area contributed by atoms with E-state index >= 15 is 0 Å². The molecule has 3 heteroatoms. The van der Waals surface area contributed by atoms with Crippen LogP contribution in [0.2, 0.25) is 0 Å². The molecule has 1 heterocycles. The zero-order chi connectivity index (χ0) is 11.4. The third-order valence-corrected chi connectivity index (χ3v) is 2.54. The van der Waals surface area contributed by atoms with Crippen molar-refractivity contribution < 1.29 is 0 Å². The maximum absolute atomic E-state index is 4.08. The van der Waals surface area contributed by atoms with E-state index in [9.17, 15) is 0 Å². The molecule has 0 saturated heterocycles. The van der Waals surface area contributed by atoms with Gasteiger partial charge in [0.25, 0.3) is 0 Å². The Morgan fingerprint density at radius 2 is 2.27 bits per heavy atom. The largest absolute Gasteiger partial charge is 0.343 e. The van der Waals surface area contributed by atoms with Crippen molar-refractivity contribution in [2.75, 3.05) is 0 Å². The van der Waals surface area contributed by atoms with E-state index < -0.39 is 0 Å². The van der Waals surface area contributed by atoms with Gasteiger partial charge in [0.1, 0.15) is 0 Å². The van der Waals surface area contributed by atoms with Crippen LogP contribution in [0.15, 0.2) is 31.4 Å². The summed E-state index contributed by atoms with van der Waals surface area (Å²) in [5, 5.41) is 0. The average molecular weight is 205 g/mol. The number of hydrogen-bond donors (Lipinski definition) is 1. The van der Waals surface area contributed by atoms with E-state index in [1.807, 2.05) is 6.92 Å². The molecule has 1 unspecified atom stereocenters. The summed E-state index contributed by atoms with van der Waals surface area (Å²) < 4.78 is 0. The number of allylic oxidation sites excluding steroid dienone is 1. The van der Waals surface area contributed by atoms with Crippen LogP contribution in [0, 0.1) is 0 Å². The molecule has 0 aliphatic carbocycles. The molecule has 0 bridgehead atoms. The van der Waals surface area contributed by atoms with E-state index in [1.165, 1.54) is 0 Å². The number of aromatic amines is 1. The number of aromatic nitrogens is 2. The summed E-state index contributed by atoms with van der Waals surface area (Å²) >= 11 is 0. The van der Waals surface area contributed by atoms with Gasteiger partial charge in [-0.2, -0.15) is 0 Å². The van der Waals surface area contributed by atoms with Crippen molar-refractivity contribution in [2.24, 2.45) is 0 Å². The predicted octanol–water partition coefficient (Wildman–Crippen LogP) is 3.01. The topological polar surface area (TPSA) is 31.9 Å². The first-order chi connectivity index (χ1) is 7.07. The molecule has 1 N–H and O–H groups in total. The third-order valence-electron chi connectivity index (χ3n) is 2.54. The lowest BCUT2D eigenvalue weighted by Gasteiger charge is -2.31. The fourth-order valence-corrected chi connectivity index (χ4v) is 1.60. The van der Waals surface area contributed by atoms with Gasteiger partial charge in [-0.1, -0.05) is 20.1 Å². The van der Waals surface area contributed by atoms with Crippen LogP contribution in [0.5, 0.6) is 0 Å². The number of nitrogens with one attached hydrogen (secondary N) is 1. The van der Waals surface area contributed by atoms with Gasteiger partial charge in [0.2, 0.25) is 0 Å². The molecule has 0 aliphatic heterocycles. The number of rotatable bonds is 5. The lowest BCUT2D eigenvalue weighted by atomic mass is 10.1.